The molecule has 0 unspecified atom stereocenters. The van der Waals surface area contributed by atoms with Gasteiger partial charge in [-0.05, 0) is 50.7 Å². The summed E-state index contributed by atoms with van der Waals surface area (Å²) in [4.78, 5) is 31.0. The van der Waals surface area contributed by atoms with Gasteiger partial charge >= 0.3 is 6.03 Å². The van der Waals surface area contributed by atoms with Crippen molar-refractivity contribution in [2.24, 2.45) is 0 Å². The number of anilines is 1. The average Bonchev–Trinajstić information content (AvgIpc) is 3.44. The zero-order valence-electron chi connectivity index (χ0n) is 17.1. The number of piperazine rings is 1. The topological polar surface area (TPSA) is 65.1 Å². The molecule has 0 spiro atoms. The third kappa shape index (κ3) is 5.21. The third-order valence-electron chi connectivity index (χ3n) is 6.20. The highest BCUT2D eigenvalue weighted by molar-refractivity contribution is 5.91. The summed E-state index contributed by atoms with van der Waals surface area (Å²) in [5.74, 6) is 0.973. The van der Waals surface area contributed by atoms with E-state index in [0.717, 1.165) is 63.3 Å². The number of hydrogen-bond donors (Lipinski definition) is 1. The van der Waals surface area contributed by atoms with Gasteiger partial charge in [0.25, 0.3) is 0 Å². The second-order valence-corrected chi connectivity index (χ2v) is 8.30. The number of carbonyl (C=O) groups excluding carboxylic acids is 2. The number of likely N-dealkylation sites (tertiary alicyclic amines) is 1. The Balaban J connectivity index is 1.26. The zero-order valence-corrected chi connectivity index (χ0v) is 17.1. The van der Waals surface area contributed by atoms with Crippen molar-refractivity contribution in [3.63, 3.8) is 0 Å². The fourth-order valence-electron chi connectivity index (χ4n) is 4.42. The summed E-state index contributed by atoms with van der Waals surface area (Å²) in [5.41, 5.74) is 0.732. The van der Waals surface area contributed by atoms with Gasteiger partial charge in [0.2, 0.25) is 5.91 Å². The van der Waals surface area contributed by atoms with Crippen LogP contribution in [0.4, 0.5) is 10.5 Å². The van der Waals surface area contributed by atoms with Crippen LogP contribution in [0.25, 0.3) is 0 Å². The molecule has 1 aromatic carbocycles. The summed E-state index contributed by atoms with van der Waals surface area (Å²) in [6.07, 6.45) is 7.08. The summed E-state index contributed by atoms with van der Waals surface area (Å²) >= 11 is 0. The van der Waals surface area contributed by atoms with Crippen molar-refractivity contribution in [2.45, 2.75) is 44.6 Å². The smallest absolute Gasteiger partial charge is 0.322 e. The molecule has 7 nitrogen and oxygen atoms in total. The van der Waals surface area contributed by atoms with Crippen LogP contribution in [0.1, 0.15) is 38.5 Å². The maximum absolute atomic E-state index is 12.8. The predicted octanol–water partition coefficient (Wildman–Crippen LogP) is 2.78. The van der Waals surface area contributed by atoms with Crippen LogP contribution in [-0.4, -0.2) is 78.6 Å². The van der Waals surface area contributed by atoms with Crippen molar-refractivity contribution in [3.8, 4) is 5.75 Å². The molecule has 158 valence electrons. The van der Waals surface area contributed by atoms with E-state index in [1.165, 1.54) is 12.8 Å². The number of amides is 3. The number of hydrogen-bond acceptors (Lipinski definition) is 4. The van der Waals surface area contributed by atoms with E-state index >= 15 is 0 Å². The van der Waals surface area contributed by atoms with Gasteiger partial charge < -0.3 is 19.9 Å². The third-order valence-corrected chi connectivity index (χ3v) is 6.20. The number of carbonyl (C=O) groups is 2. The minimum atomic E-state index is -0.0991. The van der Waals surface area contributed by atoms with E-state index in [1.807, 2.05) is 34.1 Å². The van der Waals surface area contributed by atoms with Gasteiger partial charge in [-0.25, -0.2) is 4.79 Å². The van der Waals surface area contributed by atoms with Gasteiger partial charge in [0.05, 0.1) is 18.3 Å². The lowest BCUT2D eigenvalue weighted by molar-refractivity contribution is -0.131. The highest BCUT2D eigenvalue weighted by Crippen LogP contribution is 2.30. The molecule has 3 amide bonds. The van der Waals surface area contributed by atoms with E-state index in [4.69, 9.17) is 4.74 Å². The second kappa shape index (κ2) is 9.48. The quantitative estimate of drug-likeness (QED) is 0.826. The van der Waals surface area contributed by atoms with Gasteiger partial charge in [-0.1, -0.05) is 12.1 Å². The molecule has 1 N–H and O–H groups in total. The van der Waals surface area contributed by atoms with Crippen LogP contribution in [0.5, 0.6) is 5.75 Å². The largest absolute Gasteiger partial charge is 0.488 e. The van der Waals surface area contributed by atoms with Crippen molar-refractivity contribution in [3.05, 3.63) is 24.3 Å². The van der Waals surface area contributed by atoms with Crippen molar-refractivity contribution < 1.29 is 14.3 Å². The summed E-state index contributed by atoms with van der Waals surface area (Å²) < 4.78 is 6.12. The Morgan fingerprint density at radius 2 is 1.59 bits per heavy atom. The van der Waals surface area contributed by atoms with Gasteiger partial charge in [-0.3, -0.25) is 9.69 Å². The SMILES string of the molecule is O=C(CN1CCN(C(=O)Nc2ccccc2OC2CCCC2)CC1)N1CCCC1. The minimum absolute atomic E-state index is 0.0991. The molecular formula is C22H32N4O3. The summed E-state index contributed by atoms with van der Waals surface area (Å²) in [5, 5.41) is 3.02. The molecule has 0 radical (unpaired) electrons. The molecule has 2 aliphatic heterocycles. The zero-order chi connectivity index (χ0) is 20.1. The first-order valence-electron chi connectivity index (χ1n) is 11.0. The van der Waals surface area contributed by atoms with Crippen molar-refractivity contribution >= 4 is 17.6 Å². The molecule has 0 bridgehead atoms. The van der Waals surface area contributed by atoms with Gasteiger partial charge in [-0.2, -0.15) is 0 Å². The standard InChI is InChI=1S/C22H32N4O3/c27-21(25-11-5-6-12-25)17-24-13-15-26(16-14-24)22(28)23-19-9-3-4-10-20(19)29-18-7-1-2-8-18/h3-4,9-10,18H,1-2,5-8,11-17H2,(H,23,28). The highest BCUT2D eigenvalue weighted by Gasteiger charge is 2.26. The van der Waals surface area contributed by atoms with Gasteiger partial charge in [0.15, 0.2) is 0 Å². The molecule has 29 heavy (non-hydrogen) atoms. The van der Waals surface area contributed by atoms with Gasteiger partial charge in [0, 0.05) is 39.3 Å². The Morgan fingerprint density at radius 1 is 0.897 bits per heavy atom. The molecule has 1 aromatic rings. The lowest BCUT2D eigenvalue weighted by Gasteiger charge is -2.35. The molecule has 4 rings (SSSR count). The molecule has 7 heteroatoms. The van der Waals surface area contributed by atoms with E-state index in [-0.39, 0.29) is 18.0 Å². The number of nitrogens with zero attached hydrogens (tertiary/aromatic N) is 3. The molecule has 3 aliphatic rings. The highest BCUT2D eigenvalue weighted by atomic mass is 16.5. The number of nitrogens with one attached hydrogen (secondary N) is 1. The first-order valence-corrected chi connectivity index (χ1v) is 11.0. The molecule has 2 heterocycles. The number of benzene rings is 1. The van der Waals surface area contributed by atoms with E-state index in [9.17, 15) is 9.59 Å². The van der Waals surface area contributed by atoms with Crippen molar-refractivity contribution in [2.75, 3.05) is 51.1 Å². The number of ether oxygens (including phenoxy) is 1. The molecular weight excluding hydrogens is 368 g/mol. The van der Waals surface area contributed by atoms with E-state index in [2.05, 4.69) is 10.2 Å². The minimum Gasteiger partial charge on any atom is -0.488 e. The lowest BCUT2D eigenvalue weighted by atomic mass is 10.2. The van der Waals surface area contributed by atoms with Crippen LogP contribution in [0, 0.1) is 0 Å². The molecule has 1 saturated carbocycles. The van der Waals surface area contributed by atoms with Crippen LogP contribution in [0.15, 0.2) is 24.3 Å². The van der Waals surface area contributed by atoms with Gasteiger partial charge in [0.1, 0.15) is 5.75 Å². The Bertz CT molecular complexity index is 706. The monoisotopic (exact) mass is 400 g/mol. The van der Waals surface area contributed by atoms with E-state index in [0.29, 0.717) is 19.6 Å². The van der Waals surface area contributed by atoms with E-state index in [1.54, 1.807) is 0 Å². The average molecular weight is 401 g/mol. The number of urea groups is 1. The van der Waals surface area contributed by atoms with Gasteiger partial charge in [-0.15, -0.1) is 0 Å². The number of para-hydroxylation sites is 2. The van der Waals surface area contributed by atoms with E-state index < -0.39 is 0 Å². The second-order valence-electron chi connectivity index (χ2n) is 8.30. The number of rotatable bonds is 5. The van der Waals surface area contributed by atoms with Crippen LogP contribution >= 0.6 is 0 Å². The molecule has 0 atom stereocenters. The first kappa shape index (κ1) is 20.0. The summed E-state index contributed by atoms with van der Waals surface area (Å²) in [6, 6.07) is 7.58. The fourth-order valence-corrected chi connectivity index (χ4v) is 4.42. The van der Waals surface area contributed by atoms with Crippen molar-refractivity contribution in [1.82, 2.24) is 14.7 Å². The normalized spacial score (nSPS) is 20.8. The Kier molecular flexibility index (Phi) is 6.54. The molecule has 2 saturated heterocycles. The molecule has 0 aromatic heterocycles. The maximum atomic E-state index is 12.8. The first-order chi connectivity index (χ1) is 14.2. The van der Waals surface area contributed by atoms with Crippen LogP contribution in [-0.2, 0) is 4.79 Å². The van der Waals surface area contributed by atoms with Crippen molar-refractivity contribution in [1.29, 1.82) is 0 Å². The van der Waals surface area contributed by atoms with Crippen LogP contribution in [0.2, 0.25) is 0 Å². The lowest BCUT2D eigenvalue weighted by Crippen LogP contribution is -2.52. The fraction of sp³-hybridized carbons (Fsp3) is 0.636. The summed E-state index contributed by atoms with van der Waals surface area (Å²) in [7, 11) is 0. The van der Waals surface area contributed by atoms with Crippen LogP contribution in [0.3, 0.4) is 0 Å². The Morgan fingerprint density at radius 3 is 2.31 bits per heavy atom. The predicted molar refractivity (Wildman–Crippen MR) is 112 cm³/mol. The summed E-state index contributed by atoms with van der Waals surface area (Å²) in [6.45, 7) is 4.97. The molecule has 3 fully saturated rings. The Labute approximate surface area is 173 Å². The Hall–Kier alpha value is -2.28. The molecule has 1 aliphatic carbocycles. The maximum Gasteiger partial charge on any atom is 0.322 e. The van der Waals surface area contributed by atoms with Crippen LogP contribution < -0.4 is 10.1 Å².